The summed E-state index contributed by atoms with van der Waals surface area (Å²) in [6.07, 6.45) is -4.63. The summed E-state index contributed by atoms with van der Waals surface area (Å²) in [6.45, 7) is 4.33. The van der Waals surface area contributed by atoms with Crippen molar-refractivity contribution >= 4 is 23.0 Å². The van der Waals surface area contributed by atoms with Crippen LogP contribution in [0, 0.1) is 6.92 Å². The summed E-state index contributed by atoms with van der Waals surface area (Å²) in [5.41, 5.74) is -0.389. The molecule has 4 rings (SSSR count). The van der Waals surface area contributed by atoms with Gasteiger partial charge in [-0.15, -0.1) is 0 Å². The highest BCUT2D eigenvalue weighted by atomic mass is 19.4. The van der Waals surface area contributed by atoms with Crippen molar-refractivity contribution in [2.75, 3.05) is 19.7 Å². The Morgan fingerprint density at radius 2 is 2.09 bits per heavy atom. The van der Waals surface area contributed by atoms with Crippen LogP contribution in [-0.2, 0) is 11.3 Å². The second kappa shape index (κ2) is 9.17. The topological polar surface area (TPSA) is 138 Å². The molecule has 0 aliphatic carbocycles. The lowest BCUT2D eigenvalue weighted by atomic mass is 10.1. The monoisotopic (exact) mass is 495 g/mol. The van der Waals surface area contributed by atoms with Gasteiger partial charge < -0.3 is 25.3 Å². The molecule has 0 bridgehead atoms. The highest BCUT2D eigenvalue weighted by Crippen LogP contribution is 2.33. The Bertz CT molecular complexity index is 1240. The zero-order valence-corrected chi connectivity index (χ0v) is 19.2. The third-order valence-corrected chi connectivity index (χ3v) is 5.68. The molecule has 3 amide bonds. The number of nitrogens with one attached hydrogen (secondary N) is 3. The fourth-order valence-electron chi connectivity index (χ4n) is 3.45. The summed E-state index contributed by atoms with van der Waals surface area (Å²) in [4.78, 5) is 33.7. The minimum Gasteiger partial charge on any atom is -0.364 e. The van der Waals surface area contributed by atoms with E-state index in [-0.39, 0.29) is 23.2 Å². The number of hydrogen-bond acceptors (Lipinski definition) is 7. The van der Waals surface area contributed by atoms with E-state index >= 15 is 0 Å². The van der Waals surface area contributed by atoms with Gasteiger partial charge >= 0.3 is 12.2 Å². The average Bonchev–Trinajstić information content (AvgIpc) is 3.50. The first kappa shape index (κ1) is 24.4. The molecule has 3 aromatic rings. The minimum absolute atomic E-state index is 0.104. The van der Waals surface area contributed by atoms with Crippen LogP contribution < -0.4 is 10.6 Å². The van der Waals surface area contributed by atoms with Gasteiger partial charge in [0.05, 0.1) is 17.6 Å². The molecule has 3 heterocycles. The summed E-state index contributed by atoms with van der Waals surface area (Å²) in [5, 5.41) is 12.4. The first-order chi connectivity index (χ1) is 16.4. The molecule has 3 N–H and O–H groups in total. The smallest absolute Gasteiger partial charge is 0.364 e. The number of fused-ring (bicyclic) bond motifs is 1. The lowest BCUT2D eigenvalue weighted by Gasteiger charge is -2.29. The molecule has 0 spiro atoms. The zero-order valence-electron chi connectivity index (χ0n) is 19.2. The van der Waals surface area contributed by atoms with Gasteiger partial charge in [0.2, 0.25) is 0 Å². The van der Waals surface area contributed by atoms with Crippen LogP contribution in [0.1, 0.15) is 47.5 Å². The fraction of sp³-hybridized carbons (Fsp3) is 0.476. The number of carbonyl (C=O) groups is 2. The molecule has 14 heteroatoms. The van der Waals surface area contributed by atoms with Crippen LogP contribution >= 0.6 is 0 Å². The van der Waals surface area contributed by atoms with E-state index in [4.69, 9.17) is 4.74 Å². The summed E-state index contributed by atoms with van der Waals surface area (Å²) < 4.78 is 49.7. The van der Waals surface area contributed by atoms with Crippen LogP contribution in [0.15, 0.2) is 22.8 Å². The van der Waals surface area contributed by atoms with E-state index in [0.29, 0.717) is 30.7 Å². The quantitative estimate of drug-likeness (QED) is 0.437. The Labute approximate surface area is 197 Å². The molecule has 1 aliphatic heterocycles. The summed E-state index contributed by atoms with van der Waals surface area (Å²) in [5.74, 6) is -0.514. The predicted octanol–water partition coefficient (Wildman–Crippen LogP) is 2.61. The Morgan fingerprint density at radius 1 is 1.31 bits per heavy atom. The van der Waals surface area contributed by atoms with Crippen molar-refractivity contribution < 1.29 is 32.1 Å². The van der Waals surface area contributed by atoms with Crippen molar-refractivity contribution in [3.63, 3.8) is 0 Å². The van der Waals surface area contributed by atoms with Gasteiger partial charge in [0, 0.05) is 19.6 Å². The number of aromatic nitrogens is 4. The first-order valence-corrected chi connectivity index (χ1v) is 10.8. The second-order valence-corrected chi connectivity index (χ2v) is 8.67. The Hall–Kier alpha value is -3.68. The predicted molar refractivity (Wildman–Crippen MR) is 115 cm³/mol. The van der Waals surface area contributed by atoms with E-state index in [1.165, 1.54) is 6.92 Å². The highest BCUT2D eigenvalue weighted by molar-refractivity contribution is 5.93. The molecule has 11 nitrogen and oxygen atoms in total. The van der Waals surface area contributed by atoms with Gasteiger partial charge in [-0.25, -0.2) is 14.4 Å². The van der Waals surface area contributed by atoms with Crippen molar-refractivity contribution in [1.29, 1.82) is 0 Å². The molecular formula is C21H24F3N7O4. The molecule has 1 atom stereocenters. The van der Waals surface area contributed by atoms with Crippen molar-refractivity contribution in [1.82, 2.24) is 35.8 Å². The van der Waals surface area contributed by atoms with Crippen LogP contribution in [0.4, 0.5) is 18.0 Å². The lowest BCUT2D eigenvalue weighted by Crippen LogP contribution is -2.44. The Kier molecular flexibility index (Phi) is 6.40. The summed E-state index contributed by atoms with van der Waals surface area (Å²) >= 11 is 0. The molecule has 2 aromatic heterocycles. The number of amides is 3. The van der Waals surface area contributed by atoms with Crippen LogP contribution in [0.2, 0.25) is 0 Å². The Morgan fingerprint density at radius 3 is 2.71 bits per heavy atom. The maximum atomic E-state index is 13.3. The molecule has 1 fully saturated rings. The van der Waals surface area contributed by atoms with Gasteiger partial charge in [0.15, 0.2) is 11.3 Å². The molecular weight excluding hydrogens is 471 g/mol. The van der Waals surface area contributed by atoms with E-state index in [2.05, 4.69) is 35.5 Å². The molecule has 35 heavy (non-hydrogen) atoms. The van der Waals surface area contributed by atoms with Crippen LogP contribution in [0.25, 0.3) is 11.0 Å². The van der Waals surface area contributed by atoms with E-state index in [1.54, 1.807) is 23.1 Å². The molecule has 0 radical (unpaired) electrons. The number of alkyl halides is 3. The Balaban J connectivity index is 1.59. The number of rotatable bonds is 8. The number of ether oxygens (including phenoxy) is 1. The van der Waals surface area contributed by atoms with E-state index in [9.17, 15) is 22.8 Å². The second-order valence-electron chi connectivity index (χ2n) is 8.67. The molecule has 1 aliphatic rings. The SMILES string of the molecule is Cc1nonc1C(=O)NC(COC(C)(C)C(F)(F)F)c1nc2ccc(CN3CCNC3=O)cc2[nH]1. The number of imidazole rings is 1. The van der Waals surface area contributed by atoms with Crippen molar-refractivity contribution in [3.8, 4) is 0 Å². The van der Waals surface area contributed by atoms with Gasteiger partial charge in [0.1, 0.15) is 17.6 Å². The van der Waals surface area contributed by atoms with Crippen LogP contribution in [0.3, 0.4) is 0 Å². The summed E-state index contributed by atoms with van der Waals surface area (Å²) in [7, 11) is 0. The molecule has 1 aromatic carbocycles. The maximum Gasteiger partial charge on any atom is 0.416 e. The van der Waals surface area contributed by atoms with Gasteiger partial charge in [-0.05, 0) is 43.6 Å². The number of benzene rings is 1. The van der Waals surface area contributed by atoms with Crippen molar-refractivity contribution in [3.05, 3.63) is 41.0 Å². The first-order valence-electron chi connectivity index (χ1n) is 10.8. The van der Waals surface area contributed by atoms with E-state index in [1.807, 2.05) is 0 Å². The van der Waals surface area contributed by atoms with Gasteiger partial charge in [0.25, 0.3) is 5.91 Å². The van der Waals surface area contributed by atoms with Gasteiger partial charge in [-0.3, -0.25) is 4.79 Å². The number of nitrogens with zero attached hydrogens (tertiary/aromatic N) is 4. The van der Waals surface area contributed by atoms with Crippen LogP contribution in [0.5, 0.6) is 0 Å². The van der Waals surface area contributed by atoms with E-state index < -0.39 is 30.3 Å². The van der Waals surface area contributed by atoms with Crippen molar-refractivity contribution in [2.45, 2.75) is 45.1 Å². The number of urea groups is 1. The number of aryl methyl sites for hydroxylation is 1. The van der Waals surface area contributed by atoms with Gasteiger partial charge in [-0.1, -0.05) is 11.2 Å². The standard InChI is InChI=1S/C21H24F3N7O4/c1-11-16(30-35-29-11)18(32)28-15(10-34-20(2,3)21(22,23)24)17-26-13-5-4-12(8-14(13)27-17)9-31-7-6-25-19(31)33/h4-5,8,15H,6-7,9-10H2,1-3H3,(H,25,33)(H,26,27)(H,28,32). The van der Waals surface area contributed by atoms with Crippen LogP contribution in [-0.4, -0.2) is 68.6 Å². The number of carbonyl (C=O) groups excluding carboxylic acids is 2. The average molecular weight is 495 g/mol. The number of hydrogen-bond donors (Lipinski definition) is 3. The lowest BCUT2D eigenvalue weighted by molar-refractivity contribution is -0.265. The third-order valence-electron chi connectivity index (χ3n) is 5.68. The third kappa shape index (κ3) is 5.21. The fourth-order valence-corrected chi connectivity index (χ4v) is 3.45. The van der Waals surface area contributed by atoms with Crippen molar-refractivity contribution in [2.24, 2.45) is 0 Å². The van der Waals surface area contributed by atoms with Gasteiger partial charge in [-0.2, -0.15) is 13.2 Å². The summed E-state index contributed by atoms with van der Waals surface area (Å²) in [6, 6.07) is 4.10. The number of halogens is 3. The minimum atomic E-state index is -4.63. The number of H-pyrrole nitrogens is 1. The van der Waals surface area contributed by atoms with E-state index in [0.717, 1.165) is 19.4 Å². The maximum absolute atomic E-state index is 13.3. The largest absolute Gasteiger partial charge is 0.416 e. The normalized spacial score (nSPS) is 15.5. The molecule has 188 valence electrons. The number of aromatic amines is 1. The molecule has 0 saturated carbocycles. The highest BCUT2D eigenvalue weighted by Gasteiger charge is 2.49. The molecule has 1 saturated heterocycles. The zero-order chi connectivity index (χ0) is 25.4. The molecule has 1 unspecified atom stereocenters.